The van der Waals surface area contributed by atoms with E-state index in [0.29, 0.717) is 6.04 Å². The summed E-state index contributed by atoms with van der Waals surface area (Å²) < 4.78 is 7.70. The number of nitrogens with zero attached hydrogens (tertiary/aromatic N) is 6. The lowest BCUT2D eigenvalue weighted by Gasteiger charge is -2.39. The molecule has 1 aliphatic heterocycles. The summed E-state index contributed by atoms with van der Waals surface area (Å²) in [6.07, 6.45) is 6.20. The maximum atomic E-state index is 5.56. The number of hydrogen-bond acceptors (Lipinski definition) is 6. The highest BCUT2D eigenvalue weighted by molar-refractivity contribution is 5.85. The van der Waals surface area contributed by atoms with Crippen molar-refractivity contribution < 1.29 is 4.74 Å². The zero-order valence-corrected chi connectivity index (χ0v) is 20.7. The van der Waals surface area contributed by atoms with Crippen molar-refractivity contribution in [2.75, 3.05) is 33.3 Å². The second-order valence-corrected chi connectivity index (χ2v) is 9.21. The Kier molecular flexibility index (Phi) is 8.53. The van der Waals surface area contributed by atoms with E-state index < -0.39 is 0 Å². The van der Waals surface area contributed by atoms with E-state index in [2.05, 4.69) is 72.5 Å². The second-order valence-electron chi connectivity index (χ2n) is 9.21. The number of aromatic nitrogens is 4. The van der Waals surface area contributed by atoms with Crippen molar-refractivity contribution in [3.63, 3.8) is 0 Å². The quantitative estimate of drug-likeness (QED) is 0.493. The van der Waals surface area contributed by atoms with Crippen LogP contribution in [0.2, 0.25) is 0 Å². The first-order valence-electron chi connectivity index (χ1n) is 12.2. The lowest BCUT2D eigenvalue weighted by Crippen LogP contribution is -2.48. The van der Waals surface area contributed by atoms with E-state index >= 15 is 0 Å². The third-order valence-electron chi connectivity index (χ3n) is 7.16. The van der Waals surface area contributed by atoms with Crippen molar-refractivity contribution in [3.05, 3.63) is 71.5 Å². The Bertz CT molecular complexity index is 1010. The van der Waals surface area contributed by atoms with E-state index in [1.54, 1.807) is 7.11 Å². The number of rotatable bonds is 7. The van der Waals surface area contributed by atoms with Gasteiger partial charge in [-0.1, -0.05) is 67.8 Å². The minimum Gasteiger partial charge on any atom is -0.496 e. The molecule has 3 aromatic rings. The summed E-state index contributed by atoms with van der Waals surface area (Å²) in [5.41, 5.74) is 2.51. The van der Waals surface area contributed by atoms with Gasteiger partial charge in [0, 0.05) is 38.3 Å². The molecule has 1 aliphatic carbocycles. The molecule has 0 spiro atoms. The SMILES string of the molecule is COc1ccccc1CN1CCN(C(c2ccccc2)c2nnnn2C2CCCCC2)CC1.Cl. The Hall–Kier alpha value is -2.48. The highest BCUT2D eigenvalue weighted by atomic mass is 35.5. The monoisotopic (exact) mass is 482 g/mol. The van der Waals surface area contributed by atoms with Gasteiger partial charge < -0.3 is 4.74 Å². The minimum absolute atomic E-state index is 0. The van der Waals surface area contributed by atoms with Crippen LogP contribution < -0.4 is 4.74 Å². The summed E-state index contributed by atoms with van der Waals surface area (Å²) in [4.78, 5) is 5.07. The van der Waals surface area contributed by atoms with Crippen LogP contribution in [0.4, 0.5) is 0 Å². The summed E-state index contributed by atoms with van der Waals surface area (Å²) in [5.74, 6) is 1.96. The van der Waals surface area contributed by atoms with Gasteiger partial charge in [-0.2, -0.15) is 0 Å². The molecule has 2 aliphatic rings. The molecule has 1 atom stereocenters. The number of piperazine rings is 1. The molecular formula is C26H35ClN6O. The largest absolute Gasteiger partial charge is 0.496 e. The van der Waals surface area contributed by atoms with E-state index in [1.165, 1.54) is 43.2 Å². The second kappa shape index (κ2) is 11.8. The van der Waals surface area contributed by atoms with Crippen LogP contribution in [0.15, 0.2) is 54.6 Å². The van der Waals surface area contributed by atoms with Crippen LogP contribution in [0.3, 0.4) is 0 Å². The summed E-state index contributed by atoms with van der Waals surface area (Å²) in [6.45, 7) is 4.88. The Morgan fingerprint density at radius 1 is 0.912 bits per heavy atom. The average Bonchev–Trinajstić information content (AvgIpc) is 3.36. The van der Waals surface area contributed by atoms with Gasteiger partial charge in [0.25, 0.3) is 0 Å². The molecule has 5 rings (SSSR count). The van der Waals surface area contributed by atoms with Crippen LogP contribution in [0, 0.1) is 0 Å². The Balaban J connectivity index is 0.00000274. The Labute approximate surface area is 208 Å². The summed E-state index contributed by atoms with van der Waals surface area (Å²) >= 11 is 0. The predicted molar refractivity (Wildman–Crippen MR) is 135 cm³/mol. The zero-order valence-electron chi connectivity index (χ0n) is 19.9. The fourth-order valence-electron chi connectivity index (χ4n) is 5.38. The van der Waals surface area contributed by atoms with Crippen molar-refractivity contribution in [3.8, 4) is 5.75 Å². The molecule has 0 bridgehead atoms. The first kappa shape index (κ1) is 24.6. The van der Waals surface area contributed by atoms with Crippen LogP contribution in [-0.4, -0.2) is 63.3 Å². The van der Waals surface area contributed by atoms with Crippen LogP contribution >= 0.6 is 12.4 Å². The van der Waals surface area contributed by atoms with Gasteiger partial charge in [-0.05, 0) is 34.9 Å². The molecule has 0 N–H and O–H groups in total. The number of tetrazole rings is 1. The summed E-state index contributed by atoms with van der Waals surface area (Å²) in [7, 11) is 1.75. The van der Waals surface area contributed by atoms with E-state index in [1.807, 2.05) is 12.1 Å². The first-order chi connectivity index (χ1) is 16.3. The molecule has 1 aromatic heterocycles. The summed E-state index contributed by atoms with van der Waals surface area (Å²) in [5, 5.41) is 13.2. The number of methoxy groups -OCH3 is 1. The number of benzene rings is 2. The maximum absolute atomic E-state index is 5.56. The molecule has 34 heavy (non-hydrogen) atoms. The number of ether oxygens (including phenoxy) is 1. The predicted octanol–water partition coefficient (Wildman–Crippen LogP) is 4.52. The molecule has 7 nitrogen and oxygen atoms in total. The molecule has 2 heterocycles. The van der Waals surface area contributed by atoms with Crippen molar-refractivity contribution >= 4 is 12.4 Å². The van der Waals surface area contributed by atoms with Gasteiger partial charge in [0.1, 0.15) is 5.75 Å². The lowest BCUT2D eigenvalue weighted by molar-refractivity contribution is 0.0981. The van der Waals surface area contributed by atoms with Crippen LogP contribution in [0.25, 0.3) is 0 Å². The van der Waals surface area contributed by atoms with Crippen molar-refractivity contribution in [2.24, 2.45) is 0 Å². The van der Waals surface area contributed by atoms with E-state index in [9.17, 15) is 0 Å². The third-order valence-corrected chi connectivity index (χ3v) is 7.16. The molecular weight excluding hydrogens is 448 g/mol. The molecule has 2 aromatic carbocycles. The zero-order chi connectivity index (χ0) is 22.5. The van der Waals surface area contributed by atoms with Gasteiger partial charge in [0.15, 0.2) is 5.82 Å². The fourth-order valence-corrected chi connectivity index (χ4v) is 5.38. The van der Waals surface area contributed by atoms with Gasteiger partial charge in [-0.15, -0.1) is 17.5 Å². The molecule has 0 radical (unpaired) electrons. The summed E-state index contributed by atoms with van der Waals surface area (Å²) in [6, 6.07) is 19.6. The molecule has 8 heteroatoms. The Morgan fingerprint density at radius 2 is 1.62 bits per heavy atom. The third kappa shape index (κ3) is 5.43. The number of halogens is 1. The average molecular weight is 483 g/mol. The fraction of sp³-hybridized carbons (Fsp3) is 0.500. The van der Waals surface area contributed by atoms with Gasteiger partial charge in [0.05, 0.1) is 19.2 Å². The van der Waals surface area contributed by atoms with Crippen LogP contribution in [-0.2, 0) is 6.54 Å². The number of para-hydroxylation sites is 1. The van der Waals surface area contributed by atoms with Crippen molar-refractivity contribution in [1.29, 1.82) is 0 Å². The highest BCUT2D eigenvalue weighted by Gasteiger charge is 2.32. The Morgan fingerprint density at radius 3 is 2.35 bits per heavy atom. The van der Waals surface area contributed by atoms with E-state index in [-0.39, 0.29) is 18.4 Å². The molecule has 0 amide bonds. The van der Waals surface area contributed by atoms with Gasteiger partial charge in [0.2, 0.25) is 0 Å². The molecule has 2 fully saturated rings. The van der Waals surface area contributed by atoms with Gasteiger partial charge in [-0.3, -0.25) is 9.80 Å². The molecule has 1 saturated carbocycles. The van der Waals surface area contributed by atoms with Crippen LogP contribution in [0.5, 0.6) is 5.75 Å². The normalized spacial score (nSPS) is 18.9. The number of hydrogen-bond donors (Lipinski definition) is 0. The smallest absolute Gasteiger partial charge is 0.173 e. The van der Waals surface area contributed by atoms with Crippen LogP contribution in [0.1, 0.15) is 61.1 Å². The van der Waals surface area contributed by atoms with Crippen molar-refractivity contribution in [2.45, 2.75) is 50.7 Å². The lowest BCUT2D eigenvalue weighted by atomic mass is 9.95. The van der Waals surface area contributed by atoms with E-state index in [4.69, 9.17) is 4.74 Å². The van der Waals surface area contributed by atoms with E-state index in [0.717, 1.165) is 44.3 Å². The van der Waals surface area contributed by atoms with Crippen molar-refractivity contribution in [1.82, 2.24) is 30.0 Å². The first-order valence-corrected chi connectivity index (χ1v) is 12.2. The highest BCUT2D eigenvalue weighted by Crippen LogP contribution is 2.33. The van der Waals surface area contributed by atoms with Gasteiger partial charge in [-0.25, -0.2) is 4.68 Å². The maximum Gasteiger partial charge on any atom is 0.173 e. The van der Waals surface area contributed by atoms with Gasteiger partial charge >= 0.3 is 0 Å². The minimum atomic E-state index is 0. The molecule has 1 unspecified atom stereocenters. The standard InChI is InChI=1S/C26H34N6O.ClH/c1-33-24-15-9-8-12-22(24)20-30-16-18-31(19-17-30)25(21-10-4-2-5-11-21)26-27-28-29-32(26)23-13-6-3-7-14-23;/h2,4-5,8-12,15,23,25H,3,6-7,13-14,16-20H2,1H3;1H. The topological polar surface area (TPSA) is 59.3 Å². The molecule has 1 saturated heterocycles. The molecule has 182 valence electrons.